The SMILES string of the molecule is CN(CC1CCCO1)C(=O)c1ccoc1Br. The van der Waals surface area contributed by atoms with Gasteiger partial charge in [0, 0.05) is 20.2 Å². The normalized spacial score (nSPS) is 20.0. The maximum absolute atomic E-state index is 12.0. The number of nitrogens with zero attached hydrogens (tertiary/aromatic N) is 1. The second-order valence-electron chi connectivity index (χ2n) is 3.93. The van der Waals surface area contributed by atoms with Crippen LogP contribution in [0.1, 0.15) is 23.2 Å². The highest BCUT2D eigenvalue weighted by Crippen LogP contribution is 2.20. The monoisotopic (exact) mass is 287 g/mol. The molecule has 0 bridgehead atoms. The number of halogens is 1. The van der Waals surface area contributed by atoms with Crippen LogP contribution in [0.4, 0.5) is 0 Å². The van der Waals surface area contributed by atoms with Crippen molar-refractivity contribution in [2.75, 3.05) is 20.2 Å². The van der Waals surface area contributed by atoms with Crippen molar-refractivity contribution in [2.45, 2.75) is 18.9 Å². The van der Waals surface area contributed by atoms with Crippen LogP contribution in [0.3, 0.4) is 0 Å². The van der Waals surface area contributed by atoms with Crippen molar-refractivity contribution in [3.63, 3.8) is 0 Å². The molecule has 1 unspecified atom stereocenters. The number of amides is 1. The van der Waals surface area contributed by atoms with Gasteiger partial charge in [0.1, 0.15) is 0 Å². The van der Waals surface area contributed by atoms with Crippen molar-refractivity contribution in [2.24, 2.45) is 0 Å². The molecule has 1 aliphatic heterocycles. The van der Waals surface area contributed by atoms with Crippen LogP contribution in [0.5, 0.6) is 0 Å². The van der Waals surface area contributed by atoms with Gasteiger partial charge in [-0.15, -0.1) is 0 Å². The number of hydrogen-bond acceptors (Lipinski definition) is 3. The molecule has 0 aliphatic carbocycles. The van der Waals surface area contributed by atoms with Crippen molar-refractivity contribution in [1.82, 2.24) is 4.90 Å². The Morgan fingerprint density at radius 3 is 3.06 bits per heavy atom. The molecule has 2 rings (SSSR count). The van der Waals surface area contributed by atoms with Crippen molar-refractivity contribution in [1.29, 1.82) is 0 Å². The first-order chi connectivity index (χ1) is 7.68. The molecule has 1 saturated heterocycles. The molecule has 1 amide bonds. The number of likely N-dealkylation sites (N-methyl/N-ethyl adjacent to an activating group) is 1. The Morgan fingerprint density at radius 2 is 2.50 bits per heavy atom. The largest absolute Gasteiger partial charge is 0.457 e. The standard InChI is InChI=1S/C11H14BrNO3/c1-13(7-8-3-2-5-15-8)11(14)9-4-6-16-10(9)12/h4,6,8H,2-3,5,7H2,1H3. The van der Waals surface area contributed by atoms with Gasteiger partial charge >= 0.3 is 0 Å². The van der Waals surface area contributed by atoms with Crippen LogP contribution in [-0.4, -0.2) is 37.1 Å². The average Bonchev–Trinajstić information content (AvgIpc) is 2.88. The fourth-order valence-corrected chi connectivity index (χ4v) is 2.24. The Labute approximate surface area is 103 Å². The van der Waals surface area contributed by atoms with Crippen LogP contribution < -0.4 is 0 Å². The van der Waals surface area contributed by atoms with Crippen molar-refractivity contribution in [3.05, 3.63) is 22.6 Å². The Morgan fingerprint density at radius 1 is 1.69 bits per heavy atom. The van der Waals surface area contributed by atoms with Crippen molar-refractivity contribution >= 4 is 21.8 Å². The highest BCUT2D eigenvalue weighted by atomic mass is 79.9. The van der Waals surface area contributed by atoms with Gasteiger partial charge in [0.15, 0.2) is 4.67 Å². The molecule has 1 aromatic rings. The van der Waals surface area contributed by atoms with Crippen LogP contribution in [0.15, 0.2) is 21.4 Å². The number of furan rings is 1. The molecule has 1 aromatic heterocycles. The maximum atomic E-state index is 12.0. The van der Waals surface area contributed by atoms with E-state index in [1.165, 1.54) is 6.26 Å². The third-order valence-corrected chi connectivity index (χ3v) is 3.31. The number of rotatable bonds is 3. The molecule has 2 heterocycles. The van der Waals surface area contributed by atoms with Gasteiger partial charge in [-0.3, -0.25) is 4.79 Å². The zero-order chi connectivity index (χ0) is 11.5. The summed E-state index contributed by atoms with van der Waals surface area (Å²) in [7, 11) is 1.78. The Kier molecular flexibility index (Phi) is 3.66. The van der Waals surface area contributed by atoms with E-state index in [9.17, 15) is 4.79 Å². The first kappa shape index (κ1) is 11.7. The third-order valence-electron chi connectivity index (χ3n) is 2.70. The van der Waals surface area contributed by atoms with E-state index in [2.05, 4.69) is 15.9 Å². The molecule has 16 heavy (non-hydrogen) atoms. The number of ether oxygens (including phenoxy) is 1. The van der Waals surface area contributed by atoms with Gasteiger partial charge in [0.2, 0.25) is 0 Å². The predicted octanol–water partition coefficient (Wildman–Crippen LogP) is 2.29. The van der Waals surface area contributed by atoms with E-state index in [1.807, 2.05) is 0 Å². The van der Waals surface area contributed by atoms with Crippen LogP contribution in [0.2, 0.25) is 0 Å². The highest BCUT2D eigenvalue weighted by molar-refractivity contribution is 9.10. The molecule has 0 N–H and O–H groups in total. The third kappa shape index (κ3) is 2.47. The molecular formula is C11H14BrNO3. The molecule has 0 spiro atoms. The zero-order valence-electron chi connectivity index (χ0n) is 9.11. The first-order valence-corrected chi connectivity index (χ1v) is 6.08. The first-order valence-electron chi connectivity index (χ1n) is 5.28. The predicted molar refractivity (Wildman–Crippen MR) is 62.3 cm³/mol. The maximum Gasteiger partial charge on any atom is 0.258 e. The summed E-state index contributed by atoms with van der Waals surface area (Å²) in [6.45, 7) is 1.44. The smallest absolute Gasteiger partial charge is 0.258 e. The zero-order valence-corrected chi connectivity index (χ0v) is 10.7. The molecule has 0 aromatic carbocycles. The van der Waals surface area contributed by atoms with E-state index in [0.717, 1.165) is 19.4 Å². The summed E-state index contributed by atoms with van der Waals surface area (Å²) < 4.78 is 11.0. The van der Waals surface area contributed by atoms with Gasteiger partial charge in [-0.1, -0.05) is 0 Å². The van der Waals surface area contributed by atoms with Crippen LogP contribution in [0.25, 0.3) is 0 Å². The second-order valence-corrected chi connectivity index (χ2v) is 4.65. The molecular weight excluding hydrogens is 274 g/mol. The quantitative estimate of drug-likeness (QED) is 0.857. The van der Waals surface area contributed by atoms with E-state index in [-0.39, 0.29) is 12.0 Å². The molecule has 4 nitrogen and oxygen atoms in total. The van der Waals surface area contributed by atoms with Gasteiger partial charge in [-0.2, -0.15) is 0 Å². The lowest BCUT2D eigenvalue weighted by Gasteiger charge is -2.20. The Bertz CT molecular complexity index is 371. The lowest BCUT2D eigenvalue weighted by molar-refractivity contribution is 0.0585. The summed E-state index contributed by atoms with van der Waals surface area (Å²) >= 11 is 3.20. The van der Waals surface area contributed by atoms with Crippen LogP contribution in [0, 0.1) is 0 Å². The van der Waals surface area contributed by atoms with Gasteiger partial charge in [0.25, 0.3) is 5.91 Å². The molecule has 0 saturated carbocycles. The van der Waals surface area contributed by atoms with E-state index in [1.54, 1.807) is 18.0 Å². The van der Waals surface area contributed by atoms with Crippen molar-refractivity contribution in [3.8, 4) is 0 Å². The number of carbonyl (C=O) groups excluding carboxylic acids is 1. The van der Waals surface area contributed by atoms with E-state index in [0.29, 0.717) is 16.8 Å². The summed E-state index contributed by atoms with van der Waals surface area (Å²) in [6, 6.07) is 1.67. The van der Waals surface area contributed by atoms with Gasteiger partial charge in [0.05, 0.1) is 17.9 Å². The minimum absolute atomic E-state index is 0.0453. The summed E-state index contributed by atoms with van der Waals surface area (Å²) in [6.07, 6.45) is 3.79. The average molecular weight is 288 g/mol. The topological polar surface area (TPSA) is 42.7 Å². The fraction of sp³-hybridized carbons (Fsp3) is 0.545. The molecule has 1 aliphatic rings. The van der Waals surface area contributed by atoms with E-state index in [4.69, 9.17) is 9.15 Å². The van der Waals surface area contributed by atoms with Crippen LogP contribution in [-0.2, 0) is 4.74 Å². The summed E-state index contributed by atoms with van der Waals surface area (Å²) in [4.78, 5) is 13.7. The lowest BCUT2D eigenvalue weighted by Crippen LogP contribution is -2.34. The Hall–Kier alpha value is -0.810. The minimum atomic E-state index is -0.0453. The van der Waals surface area contributed by atoms with Gasteiger partial charge < -0.3 is 14.1 Å². The second kappa shape index (κ2) is 5.01. The fourth-order valence-electron chi connectivity index (χ4n) is 1.83. The summed E-state index contributed by atoms with van der Waals surface area (Å²) in [5.41, 5.74) is 0.556. The summed E-state index contributed by atoms with van der Waals surface area (Å²) in [5.74, 6) is -0.0453. The molecule has 88 valence electrons. The molecule has 1 fully saturated rings. The molecule has 1 atom stereocenters. The minimum Gasteiger partial charge on any atom is -0.457 e. The van der Waals surface area contributed by atoms with E-state index >= 15 is 0 Å². The highest BCUT2D eigenvalue weighted by Gasteiger charge is 2.22. The van der Waals surface area contributed by atoms with Gasteiger partial charge in [-0.25, -0.2) is 0 Å². The number of carbonyl (C=O) groups is 1. The van der Waals surface area contributed by atoms with Crippen LogP contribution >= 0.6 is 15.9 Å². The van der Waals surface area contributed by atoms with E-state index < -0.39 is 0 Å². The number of hydrogen-bond donors (Lipinski definition) is 0. The molecule has 5 heteroatoms. The van der Waals surface area contributed by atoms with Crippen molar-refractivity contribution < 1.29 is 13.9 Å². The summed E-state index contributed by atoms with van der Waals surface area (Å²) in [5, 5.41) is 0. The molecule has 0 radical (unpaired) electrons. The van der Waals surface area contributed by atoms with Gasteiger partial charge in [-0.05, 0) is 34.8 Å². The lowest BCUT2D eigenvalue weighted by atomic mass is 10.2. The Balaban J connectivity index is 1.96.